The van der Waals surface area contributed by atoms with Crippen molar-refractivity contribution < 1.29 is 9.90 Å². The second-order valence-electron chi connectivity index (χ2n) is 7.17. The number of rotatable bonds is 3. The monoisotopic (exact) mass is 403 g/mol. The van der Waals surface area contributed by atoms with Crippen molar-refractivity contribution in [3.63, 3.8) is 0 Å². The number of fused-ring (bicyclic) bond motifs is 2. The fourth-order valence-electron chi connectivity index (χ4n) is 4.00. The van der Waals surface area contributed by atoms with Crippen LogP contribution in [0.5, 0.6) is 0 Å². The van der Waals surface area contributed by atoms with Crippen molar-refractivity contribution in [2.45, 2.75) is 18.6 Å². The number of carbonyl (C=O) groups excluding carboxylic acids is 1. The van der Waals surface area contributed by atoms with Crippen molar-refractivity contribution in [2.75, 3.05) is 0 Å². The Kier molecular flexibility index (Phi) is 4.34. The molecule has 2 aromatic heterocycles. The third-order valence-electron chi connectivity index (χ3n) is 5.34. The summed E-state index contributed by atoms with van der Waals surface area (Å²) in [6.07, 6.45) is 1.68. The molecule has 4 aromatic rings. The van der Waals surface area contributed by atoms with E-state index in [0.717, 1.165) is 22.2 Å². The second-order valence-corrected chi connectivity index (χ2v) is 7.61. The molecule has 2 atom stereocenters. The van der Waals surface area contributed by atoms with E-state index in [1.807, 2.05) is 66.9 Å². The number of aliphatic hydroxyl groups excluding tert-OH is 1. The van der Waals surface area contributed by atoms with E-state index in [0.29, 0.717) is 17.1 Å². The van der Waals surface area contributed by atoms with Crippen molar-refractivity contribution in [1.29, 1.82) is 0 Å². The normalized spacial score (nSPS) is 18.0. The summed E-state index contributed by atoms with van der Waals surface area (Å²) in [4.78, 5) is 17.8. The van der Waals surface area contributed by atoms with E-state index in [9.17, 15) is 9.90 Å². The zero-order chi connectivity index (χ0) is 20.0. The molecule has 29 heavy (non-hydrogen) atoms. The highest BCUT2D eigenvalue weighted by molar-refractivity contribution is 6.30. The number of nitrogens with one attached hydrogen (secondary N) is 1. The van der Waals surface area contributed by atoms with Crippen LogP contribution in [0.4, 0.5) is 0 Å². The maximum Gasteiger partial charge on any atom is 0.288 e. The molecule has 0 radical (unpaired) electrons. The van der Waals surface area contributed by atoms with Crippen LogP contribution in [-0.4, -0.2) is 26.5 Å². The fourth-order valence-corrected chi connectivity index (χ4v) is 4.19. The molecule has 2 heterocycles. The Morgan fingerprint density at radius 1 is 1.10 bits per heavy atom. The van der Waals surface area contributed by atoms with Gasteiger partial charge in [-0.25, -0.2) is 4.98 Å². The van der Waals surface area contributed by atoms with Gasteiger partial charge in [0.25, 0.3) is 5.91 Å². The first-order valence-corrected chi connectivity index (χ1v) is 9.79. The molecular formula is C23H18ClN3O2. The van der Waals surface area contributed by atoms with Crippen molar-refractivity contribution in [1.82, 2.24) is 14.7 Å². The Balaban J connectivity index is 1.55. The second kappa shape index (κ2) is 7.03. The molecule has 2 aromatic carbocycles. The number of aromatic nitrogens is 2. The van der Waals surface area contributed by atoms with Gasteiger partial charge in [-0.15, -0.1) is 0 Å². The maximum absolute atomic E-state index is 13.1. The van der Waals surface area contributed by atoms with Gasteiger partial charge in [0.05, 0.1) is 23.4 Å². The number of hydrogen-bond donors (Lipinski definition) is 2. The molecule has 0 unspecified atom stereocenters. The lowest BCUT2D eigenvalue weighted by Crippen LogP contribution is -2.34. The third-order valence-corrected chi connectivity index (χ3v) is 5.58. The summed E-state index contributed by atoms with van der Waals surface area (Å²) >= 11 is 6.15. The number of imidazole rings is 1. The van der Waals surface area contributed by atoms with Gasteiger partial charge in [-0.3, -0.25) is 9.20 Å². The van der Waals surface area contributed by atoms with Crippen LogP contribution < -0.4 is 5.32 Å². The predicted molar refractivity (Wildman–Crippen MR) is 112 cm³/mol. The van der Waals surface area contributed by atoms with Gasteiger partial charge in [0, 0.05) is 23.2 Å². The van der Waals surface area contributed by atoms with E-state index in [2.05, 4.69) is 10.3 Å². The summed E-state index contributed by atoms with van der Waals surface area (Å²) in [5, 5.41) is 14.1. The van der Waals surface area contributed by atoms with E-state index in [4.69, 9.17) is 11.6 Å². The fraction of sp³-hybridized carbons (Fsp3) is 0.130. The number of aliphatic hydroxyl groups is 1. The standard InChI is InChI=1S/C23H18ClN3O2/c24-16-8-5-7-15(12-16)20-18-10-3-4-11-27(18)22(25-20)23(29)26-21-17-9-2-1-6-14(17)13-19(21)28/h1-12,19,21,28H,13H2,(H,26,29)/t19-,21+/m0/s1. The minimum atomic E-state index is -0.657. The van der Waals surface area contributed by atoms with Crippen LogP contribution in [-0.2, 0) is 6.42 Å². The molecule has 0 saturated heterocycles. The zero-order valence-electron chi connectivity index (χ0n) is 15.4. The van der Waals surface area contributed by atoms with Crippen LogP contribution in [0.15, 0.2) is 72.9 Å². The minimum Gasteiger partial charge on any atom is -0.390 e. The Morgan fingerprint density at radius 3 is 2.79 bits per heavy atom. The molecule has 6 heteroatoms. The minimum absolute atomic E-state index is 0.271. The molecule has 5 nitrogen and oxygen atoms in total. The molecule has 0 spiro atoms. The summed E-state index contributed by atoms with van der Waals surface area (Å²) in [6.45, 7) is 0. The lowest BCUT2D eigenvalue weighted by atomic mass is 10.1. The quantitative estimate of drug-likeness (QED) is 0.542. The maximum atomic E-state index is 13.1. The van der Waals surface area contributed by atoms with Crippen molar-refractivity contribution in [3.8, 4) is 11.3 Å². The molecule has 0 fully saturated rings. The Bertz CT molecular complexity index is 1230. The molecule has 0 aliphatic heterocycles. The summed E-state index contributed by atoms with van der Waals surface area (Å²) < 4.78 is 1.76. The van der Waals surface area contributed by atoms with Crippen LogP contribution in [0.3, 0.4) is 0 Å². The van der Waals surface area contributed by atoms with E-state index < -0.39 is 12.1 Å². The number of pyridine rings is 1. The third kappa shape index (κ3) is 3.09. The lowest BCUT2D eigenvalue weighted by molar-refractivity contribution is 0.0847. The topological polar surface area (TPSA) is 66.6 Å². The SMILES string of the molecule is O=C(N[C@@H]1c2ccccc2C[C@@H]1O)c1nc(-c2cccc(Cl)c2)c2ccccn12. The van der Waals surface area contributed by atoms with Gasteiger partial charge in [-0.1, -0.05) is 54.1 Å². The number of hydrogen-bond acceptors (Lipinski definition) is 3. The number of carbonyl (C=O) groups is 1. The van der Waals surface area contributed by atoms with E-state index in [1.54, 1.807) is 10.5 Å². The molecule has 5 rings (SSSR count). The molecule has 144 valence electrons. The smallest absolute Gasteiger partial charge is 0.288 e. The summed E-state index contributed by atoms with van der Waals surface area (Å²) in [6, 6.07) is 20.4. The number of halogens is 1. The van der Waals surface area contributed by atoms with Crippen molar-refractivity contribution in [2.24, 2.45) is 0 Å². The van der Waals surface area contributed by atoms with Crippen LogP contribution >= 0.6 is 11.6 Å². The van der Waals surface area contributed by atoms with Gasteiger partial charge >= 0.3 is 0 Å². The molecule has 1 aliphatic carbocycles. The molecule has 1 amide bonds. The Morgan fingerprint density at radius 2 is 1.93 bits per heavy atom. The predicted octanol–water partition coefficient (Wildman–Crippen LogP) is 4.04. The molecule has 0 saturated carbocycles. The molecule has 0 bridgehead atoms. The molecule has 2 N–H and O–H groups in total. The van der Waals surface area contributed by atoms with Crippen molar-refractivity contribution >= 4 is 23.0 Å². The van der Waals surface area contributed by atoms with E-state index >= 15 is 0 Å². The first-order chi connectivity index (χ1) is 14.1. The highest BCUT2D eigenvalue weighted by Gasteiger charge is 2.33. The average molecular weight is 404 g/mol. The van der Waals surface area contributed by atoms with Gasteiger partial charge in [0.15, 0.2) is 0 Å². The van der Waals surface area contributed by atoms with E-state index in [-0.39, 0.29) is 11.7 Å². The Labute approximate surface area is 172 Å². The summed E-state index contributed by atoms with van der Waals surface area (Å²) in [5.41, 5.74) is 4.34. The average Bonchev–Trinajstić information content (AvgIpc) is 3.26. The highest BCUT2D eigenvalue weighted by atomic mass is 35.5. The van der Waals surface area contributed by atoms with Gasteiger partial charge in [0.1, 0.15) is 0 Å². The lowest BCUT2D eigenvalue weighted by Gasteiger charge is -2.17. The first-order valence-electron chi connectivity index (χ1n) is 9.41. The first kappa shape index (κ1) is 17.9. The van der Waals surface area contributed by atoms with Gasteiger partial charge < -0.3 is 10.4 Å². The number of benzene rings is 2. The summed E-state index contributed by atoms with van der Waals surface area (Å²) in [7, 11) is 0. The van der Waals surface area contributed by atoms with Crippen LogP contribution in [0, 0.1) is 0 Å². The van der Waals surface area contributed by atoms with Crippen LogP contribution in [0.2, 0.25) is 5.02 Å². The van der Waals surface area contributed by atoms with Gasteiger partial charge in [-0.05, 0) is 35.4 Å². The molecule has 1 aliphatic rings. The van der Waals surface area contributed by atoms with Crippen molar-refractivity contribution in [3.05, 3.63) is 94.9 Å². The number of nitrogens with zero attached hydrogens (tertiary/aromatic N) is 2. The summed E-state index contributed by atoms with van der Waals surface area (Å²) in [5.74, 6) is -0.0626. The zero-order valence-corrected chi connectivity index (χ0v) is 16.2. The Hall–Kier alpha value is -3.15. The van der Waals surface area contributed by atoms with Gasteiger partial charge in [0.2, 0.25) is 5.82 Å². The van der Waals surface area contributed by atoms with Gasteiger partial charge in [-0.2, -0.15) is 0 Å². The van der Waals surface area contributed by atoms with Crippen LogP contribution in [0.1, 0.15) is 27.8 Å². The molecular weight excluding hydrogens is 386 g/mol. The van der Waals surface area contributed by atoms with Crippen LogP contribution in [0.25, 0.3) is 16.8 Å². The largest absolute Gasteiger partial charge is 0.390 e. The van der Waals surface area contributed by atoms with E-state index in [1.165, 1.54) is 0 Å². The highest BCUT2D eigenvalue weighted by Crippen LogP contribution is 2.32. The number of amides is 1.